The van der Waals surface area contributed by atoms with Crippen LogP contribution < -0.4 is 29.6 Å². The predicted octanol–water partition coefficient (Wildman–Crippen LogP) is -0.630. The van der Waals surface area contributed by atoms with Crippen molar-refractivity contribution in [3.05, 3.63) is 39.5 Å². The summed E-state index contributed by atoms with van der Waals surface area (Å²) in [4.78, 5) is 0. The molecule has 0 saturated heterocycles. The maximum Gasteiger partial charge on any atom is 1.00 e. The number of nitrogens with zero attached hydrogens (tertiary/aromatic N) is 1. The van der Waals surface area contributed by atoms with Gasteiger partial charge in [-0.05, 0) is 17.7 Å². The first-order chi connectivity index (χ1) is 4.83. The SMILES string of the molecule is [Na+].[O-]/N=C\c1ccc(Br)cc1. The zero-order chi connectivity index (χ0) is 7.40. The van der Waals surface area contributed by atoms with Crippen LogP contribution >= 0.6 is 15.9 Å². The molecule has 4 heteroatoms. The second kappa shape index (κ2) is 5.77. The van der Waals surface area contributed by atoms with E-state index < -0.39 is 0 Å². The minimum atomic E-state index is 0. The van der Waals surface area contributed by atoms with E-state index in [4.69, 9.17) is 0 Å². The van der Waals surface area contributed by atoms with E-state index in [0.717, 1.165) is 10.0 Å². The van der Waals surface area contributed by atoms with E-state index in [1.807, 2.05) is 24.3 Å². The number of hydrogen-bond donors (Lipinski definition) is 0. The summed E-state index contributed by atoms with van der Waals surface area (Å²) in [6.45, 7) is 0. The van der Waals surface area contributed by atoms with E-state index >= 15 is 0 Å². The van der Waals surface area contributed by atoms with Gasteiger partial charge in [0.2, 0.25) is 0 Å². The van der Waals surface area contributed by atoms with Gasteiger partial charge in [0.25, 0.3) is 0 Å². The molecule has 0 aliphatic heterocycles. The molecule has 0 N–H and O–H groups in total. The Bertz CT molecular complexity index is 235. The monoisotopic (exact) mass is 221 g/mol. The van der Waals surface area contributed by atoms with E-state index in [0.29, 0.717) is 0 Å². The first-order valence-electron chi connectivity index (χ1n) is 2.74. The fraction of sp³-hybridized carbons (Fsp3) is 0. The van der Waals surface area contributed by atoms with Crippen LogP contribution in [0.5, 0.6) is 0 Å². The maximum atomic E-state index is 9.74. The molecule has 0 bridgehead atoms. The third-order valence-electron chi connectivity index (χ3n) is 1.07. The Balaban J connectivity index is 0.000001000. The molecule has 0 saturated carbocycles. The van der Waals surface area contributed by atoms with Crippen molar-refractivity contribution in [1.29, 1.82) is 0 Å². The Morgan fingerprint density at radius 1 is 1.27 bits per heavy atom. The van der Waals surface area contributed by atoms with Crippen molar-refractivity contribution in [2.45, 2.75) is 0 Å². The van der Waals surface area contributed by atoms with Crippen LogP contribution in [0.25, 0.3) is 0 Å². The molecule has 0 fully saturated rings. The molecule has 11 heavy (non-hydrogen) atoms. The topological polar surface area (TPSA) is 35.4 Å². The van der Waals surface area contributed by atoms with Crippen LogP contribution in [0.2, 0.25) is 0 Å². The molecule has 1 aromatic carbocycles. The summed E-state index contributed by atoms with van der Waals surface area (Å²) in [5.74, 6) is 0. The van der Waals surface area contributed by atoms with Crippen molar-refractivity contribution in [1.82, 2.24) is 0 Å². The summed E-state index contributed by atoms with van der Waals surface area (Å²) < 4.78 is 0.996. The summed E-state index contributed by atoms with van der Waals surface area (Å²) in [5.41, 5.74) is 0.818. The van der Waals surface area contributed by atoms with E-state index in [1.165, 1.54) is 6.21 Å². The Labute approximate surface area is 95.7 Å². The molecule has 1 rings (SSSR count). The Hall–Kier alpha value is 0.170. The van der Waals surface area contributed by atoms with Crippen LogP contribution in [-0.4, -0.2) is 6.21 Å². The average molecular weight is 222 g/mol. The van der Waals surface area contributed by atoms with Crippen LogP contribution in [0.1, 0.15) is 5.56 Å². The van der Waals surface area contributed by atoms with Crippen LogP contribution in [0.15, 0.2) is 33.9 Å². The molecule has 0 aromatic heterocycles. The molecule has 0 spiro atoms. The predicted molar refractivity (Wildman–Crippen MR) is 45.1 cm³/mol. The van der Waals surface area contributed by atoms with Gasteiger partial charge in [-0.1, -0.05) is 28.1 Å². The average Bonchev–Trinajstić information content (AvgIpc) is 1.95. The van der Waals surface area contributed by atoms with Gasteiger partial charge in [0.1, 0.15) is 0 Å². The Morgan fingerprint density at radius 3 is 2.27 bits per heavy atom. The zero-order valence-electron chi connectivity index (χ0n) is 6.12. The molecule has 0 atom stereocenters. The van der Waals surface area contributed by atoms with Crippen LogP contribution in [0, 0.1) is 5.21 Å². The van der Waals surface area contributed by atoms with Crippen molar-refractivity contribution in [2.75, 3.05) is 0 Å². The third kappa shape index (κ3) is 3.91. The van der Waals surface area contributed by atoms with Gasteiger partial charge in [0.15, 0.2) is 0 Å². The molecule has 0 aliphatic carbocycles. The summed E-state index contributed by atoms with van der Waals surface area (Å²) >= 11 is 3.27. The van der Waals surface area contributed by atoms with Gasteiger partial charge in [-0.2, -0.15) is 0 Å². The quantitative estimate of drug-likeness (QED) is 0.354. The van der Waals surface area contributed by atoms with Gasteiger partial charge >= 0.3 is 29.6 Å². The van der Waals surface area contributed by atoms with Crippen LogP contribution in [0.4, 0.5) is 0 Å². The van der Waals surface area contributed by atoms with Crippen molar-refractivity contribution in [2.24, 2.45) is 5.16 Å². The number of benzene rings is 1. The van der Waals surface area contributed by atoms with Crippen LogP contribution in [-0.2, 0) is 0 Å². The molecule has 0 radical (unpaired) electrons. The molecule has 0 amide bonds. The van der Waals surface area contributed by atoms with Gasteiger partial charge < -0.3 is 10.4 Å². The van der Waals surface area contributed by atoms with Crippen molar-refractivity contribution < 1.29 is 29.6 Å². The van der Waals surface area contributed by atoms with E-state index in [9.17, 15) is 5.21 Å². The summed E-state index contributed by atoms with van der Waals surface area (Å²) in [5, 5.41) is 12.4. The fourth-order valence-electron chi connectivity index (χ4n) is 0.610. The number of hydrogen-bond acceptors (Lipinski definition) is 2. The molecule has 0 heterocycles. The van der Waals surface area contributed by atoms with E-state index in [2.05, 4.69) is 21.1 Å². The molecule has 2 nitrogen and oxygen atoms in total. The third-order valence-corrected chi connectivity index (χ3v) is 1.60. The number of rotatable bonds is 1. The van der Waals surface area contributed by atoms with Gasteiger partial charge in [0, 0.05) is 10.7 Å². The summed E-state index contributed by atoms with van der Waals surface area (Å²) in [6, 6.07) is 7.34. The molecule has 52 valence electrons. The van der Waals surface area contributed by atoms with Gasteiger partial charge in [-0.15, -0.1) is 0 Å². The summed E-state index contributed by atoms with van der Waals surface area (Å²) in [7, 11) is 0. The van der Waals surface area contributed by atoms with Gasteiger partial charge in [-0.3, -0.25) is 0 Å². The molecule has 0 aliphatic rings. The van der Waals surface area contributed by atoms with Gasteiger partial charge in [-0.25, -0.2) is 0 Å². The van der Waals surface area contributed by atoms with Crippen molar-refractivity contribution >= 4 is 22.1 Å². The van der Waals surface area contributed by atoms with Crippen molar-refractivity contribution in [3.63, 3.8) is 0 Å². The second-order valence-corrected chi connectivity index (χ2v) is 2.70. The maximum absolute atomic E-state index is 9.74. The van der Waals surface area contributed by atoms with Gasteiger partial charge in [0.05, 0.1) is 0 Å². The standard InChI is InChI=1S/C7H6BrNO.Na/c8-7-3-1-6(2-4-7)5-9-10;/h1-5,10H;/q;+1/p-1/b9-5-;. The summed E-state index contributed by atoms with van der Waals surface area (Å²) in [6.07, 6.45) is 1.27. The Kier molecular flexibility index (Phi) is 5.86. The first kappa shape index (κ1) is 11.2. The van der Waals surface area contributed by atoms with Crippen LogP contribution in [0.3, 0.4) is 0 Å². The fourth-order valence-corrected chi connectivity index (χ4v) is 0.874. The molecule has 1 aromatic rings. The minimum Gasteiger partial charge on any atom is -0.792 e. The smallest absolute Gasteiger partial charge is 0.792 e. The zero-order valence-corrected chi connectivity index (χ0v) is 9.71. The van der Waals surface area contributed by atoms with E-state index in [1.54, 1.807) is 0 Å². The number of halogens is 1. The normalized spacial score (nSPS) is 9.55. The minimum absolute atomic E-state index is 0. The largest absolute Gasteiger partial charge is 1.00 e. The van der Waals surface area contributed by atoms with Crippen molar-refractivity contribution in [3.8, 4) is 0 Å². The second-order valence-electron chi connectivity index (χ2n) is 1.79. The molecular formula is C7H5BrNNaO. The first-order valence-corrected chi connectivity index (χ1v) is 3.53. The molecular weight excluding hydrogens is 217 g/mol. The van der Waals surface area contributed by atoms with E-state index in [-0.39, 0.29) is 29.6 Å². The molecule has 0 unspecified atom stereocenters. The Morgan fingerprint density at radius 2 is 1.82 bits per heavy atom.